The highest BCUT2D eigenvalue weighted by Gasteiger charge is 2.31. The molecule has 1 amide bonds. The minimum Gasteiger partial charge on any atom is -0.342 e. The highest BCUT2D eigenvalue weighted by atomic mass is 16.2. The molecule has 0 aromatic heterocycles. The summed E-state index contributed by atoms with van der Waals surface area (Å²) in [6.07, 6.45) is 1.95. The van der Waals surface area contributed by atoms with Crippen LogP contribution in [0.25, 0.3) is 0 Å². The first kappa shape index (κ1) is 16.4. The Morgan fingerprint density at radius 3 is 1.88 bits per heavy atom. The second kappa shape index (κ2) is 7.67. The molecule has 0 aromatic rings. The third-order valence-electron chi connectivity index (χ3n) is 3.99. The van der Waals surface area contributed by atoms with Gasteiger partial charge in [-0.15, -0.1) is 0 Å². The number of nitrogens with two attached hydrogens (primary N) is 1. The first-order valence-electron chi connectivity index (χ1n) is 6.70. The van der Waals surface area contributed by atoms with E-state index in [-0.39, 0.29) is 11.4 Å². The summed E-state index contributed by atoms with van der Waals surface area (Å²) in [5.41, 5.74) is 5.84. The number of amides is 1. The molecule has 17 heavy (non-hydrogen) atoms. The van der Waals surface area contributed by atoms with E-state index < -0.39 is 0 Å². The number of carbonyl (C=O) groups excluding carboxylic acids is 1. The van der Waals surface area contributed by atoms with Gasteiger partial charge in [-0.3, -0.25) is 9.69 Å². The van der Waals surface area contributed by atoms with Crippen LogP contribution in [-0.2, 0) is 4.79 Å². The molecule has 0 bridgehead atoms. The van der Waals surface area contributed by atoms with Gasteiger partial charge in [0.05, 0.1) is 6.54 Å². The molecule has 0 aliphatic carbocycles. The summed E-state index contributed by atoms with van der Waals surface area (Å²) in [6.45, 7) is 10.9. The van der Waals surface area contributed by atoms with Crippen LogP contribution >= 0.6 is 0 Å². The molecule has 0 heterocycles. The van der Waals surface area contributed by atoms with Crippen LogP contribution in [0.3, 0.4) is 0 Å². The summed E-state index contributed by atoms with van der Waals surface area (Å²) in [5, 5.41) is 0. The zero-order valence-electron chi connectivity index (χ0n) is 12.1. The van der Waals surface area contributed by atoms with E-state index in [9.17, 15) is 4.79 Å². The van der Waals surface area contributed by atoms with Crippen LogP contribution in [0.4, 0.5) is 0 Å². The average molecular weight is 243 g/mol. The van der Waals surface area contributed by atoms with E-state index in [2.05, 4.69) is 18.7 Å². The zero-order valence-corrected chi connectivity index (χ0v) is 12.1. The molecule has 0 spiro atoms. The molecule has 4 heteroatoms. The predicted octanol–water partition coefficient (Wildman–Crippen LogP) is 1.30. The van der Waals surface area contributed by atoms with Crippen molar-refractivity contribution in [3.63, 3.8) is 0 Å². The second-order valence-corrected chi connectivity index (χ2v) is 4.56. The number of hydrogen-bond donors (Lipinski definition) is 1. The lowest BCUT2D eigenvalue weighted by Gasteiger charge is -2.40. The lowest BCUT2D eigenvalue weighted by atomic mass is 9.91. The van der Waals surface area contributed by atoms with Gasteiger partial charge in [-0.2, -0.15) is 0 Å². The quantitative estimate of drug-likeness (QED) is 0.699. The second-order valence-electron chi connectivity index (χ2n) is 4.56. The minimum atomic E-state index is -0.0389. The van der Waals surface area contributed by atoms with E-state index in [1.54, 1.807) is 0 Å². The lowest BCUT2D eigenvalue weighted by Crippen LogP contribution is -2.54. The van der Waals surface area contributed by atoms with E-state index in [1.165, 1.54) is 0 Å². The summed E-state index contributed by atoms with van der Waals surface area (Å²) in [5.74, 6) is 0.192. The van der Waals surface area contributed by atoms with Crippen molar-refractivity contribution in [1.29, 1.82) is 0 Å². The molecule has 0 fully saturated rings. The molecule has 0 aliphatic rings. The van der Waals surface area contributed by atoms with Crippen LogP contribution in [0, 0.1) is 0 Å². The summed E-state index contributed by atoms with van der Waals surface area (Å²) in [6, 6.07) is 0. The fourth-order valence-electron chi connectivity index (χ4n) is 2.28. The summed E-state index contributed by atoms with van der Waals surface area (Å²) >= 11 is 0. The van der Waals surface area contributed by atoms with E-state index >= 15 is 0 Å². The Balaban J connectivity index is 4.60. The summed E-state index contributed by atoms with van der Waals surface area (Å²) in [7, 11) is 2.00. The number of carbonyl (C=O) groups is 1. The molecule has 102 valence electrons. The minimum absolute atomic E-state index is 0.0389. The van der Waals surface area contributed by atoms with Gasteiger partial charge in [0, 0.05) is 25.2 Å². The van der Waals surface area contributed by atoms with E-state index in [4.69, 9.17) is 5.73 Å². The predicted molar refractivity (Wildman–Crippen MR) is 72.9 cm³/mol. The van der Waals surface area contributed by atoms with Gasteiger partial charge in [0.15, 0.2) is 0 Å². The van der Waals surface area contributed by atoms with Crippen LogP contribution in [-0.4, -0.2) is 54.5 Å². The number of rotatable bonds is 8. The zero-order chi connectivity index (χ0) is 13.5. The smallest absolute Gasteiger partial charge is 0.236 e. The molecule has 0 aromatic carbocycles. The highest BCUT2D eigenvalue weighted by molar-refractivity contribution is 5.78. The van der Waals surface area contributed by atoms with Crippen molar-refractivity contribution in [2.24, 2.45) is 5.73 Å². The Bertz CT molecular complexity index is 214. The fourth-order valence-corrected chi connectivity index (χ4v) is 2.28. The summed E-state index contributed by atoms with van der Waals surface area (Å²) in [4.78, 5) is 16.0. The molecule has 0 atom stereocenters. The number of likely N-dealkylation sites (N-methyl/N-ethyl adjacent to an activating group) is 2. The van der Waals surface area contributed by atoms with E-state index in [0.717, 1.165) is 25.9 Å². The maximum absolute atomic E-state index is 12.1. The van der Waals surface area contributed by atoms with Crippen molar-refractivity contribution in [2.45, 2.75) is 46.1 Å². The van der Waals surface area contributed by atoms with Gasteiger partial charge in [-0.1, -0.05) is 13.8 Å². The SMILES string of the molecule is CCN(CC)C(=O)CN(C)C(CC)(CC)CN. The molecule has 4 nitrogen and oxygen atoms in total. The Morgan fingerprint density at radius 2 is 1.59 bits per heavy atom. The monoisotopic (exact) mass is 243 g/mol. The van der Waals surface area contributed by atoms with Gasteiger partial charge in [0.1, 0.15) is 0 Å². The third-order valence-corrected chi connectivity index (χ3v) is 3.99. The molecule has 0 saturated heterocycles. The third kappa shape index (κ3) is 3.96. The average Bonchev–Trinajstić information content (AvgIpc) is 2.33. The Hall–Kier alpha value is -0.610. The Kier molecular flexibility index (Phi) is 7.39. The van der Waals surface area contributed by atoms with Crippen molar-refractivity contribution >= 4 is 5.91 Å². The molecular weight excluding hydrogens is 214 g/mol. The first-order valence-corrected chi connectivity index (χ1v) is 6.70. The summed E-state index contributed by atoms with van der Waals surface area (Å²) < 4.78 is 0. The topological polar surface area (TPSA) is 49.6 Å². The Labute approximate surface area is 106 Å². The van der Waals surface area contributed by atoms with Crippen LogP contribution in [0.2, 0.25) is 0 Å². The molecular formula is C13H29N3O. The normalized spacial score (nSPS) is 11.9. The standard InChI is InChI=1S/C13H29N3O/c1-6-13(7-2,11-14)15(5)10-12(17)16(8-3)9-4/h6-11,14H2,1-5H3. The van der Waals surface area contributed by atoms with Crippen molar-refractivity contribution < 1.29 is 4.79 Å². The molecule has 0 rings (SSSR count). The van der Waals surface area contributed by atoms with Crippen LogP contribution in [0.5, 0.6) is 0 Å². The molecule has 0 aliphatic heterocycles. The van der Waals surface area contributed by atoms with Gasteiger partial charge < -0.3 is 10.6 Å². The van der Waals surface area contributed by atoms with Crippen LogP contribution in [0.15, 0.2) is 0 Å². The molecule has 0 radical (unpaired) electrons. The van der Waals surface area contributed by atoms with Crippen molar-refractivity contribution in [2.75, 3.05) is 33.2 Å². The fraction of sp³-hybridized carbons (Fsp3) is 0.923. The molecule has 0 unspecified atom stereocenters. The largest absolute Gasteiger partial charge is 0.342 e. The lowest BCUT2D eigenvalue weighted by molar-refractivity contribution is -0.133. The van der Waals surface area contributed by atoms with Crippen molar-refractivity contribution in [3.8, 4) is 0 Å². The van der Waals surface area contributed by atoms with Crippen molar-refractivity contribution in [1.82, 2.24) is 9.80 Å². The van der Waals surface area contributed by atoms with Crippen LogP contribution < -0.4 is 5.73 Å². The maximum atomic E-state index is 12.1. The van der Waals surface area contributed by atoms with Gasteiger partial charge >= 0.3 is 0 Å². The maximum Gasteiger partial charge on any atom is 0.236 e. The van der Waals surface area contributed by atoms with Crippen LogP contribution in [0.1, 0.15) is 40.5 Å². The van der Waals surface area contributed by atoms with Crippen molar-refractivity contribution in [3.05, 3.63) is 0 Å². The molecule has 0 saturated carbocycles. The Morgan fingerprint density at radius 1 is 1.12 bits per heavy atom. The van der Waals surface area contributed by atoms with E-state index in [1.807, 2.05) is 25.8 Å². The van der Waals surface area contributed by atoms with E-state index in [0.29, 0.717) is 13.1 Å². The number of hydrogen-bond acceptors (Lipinski definition) is 3. The highest BCUT2D eigenvalue weighted by Crippen LogP contribution is 2.21. The molecule has 2 N–H and O–H groups in total. The van der Waals surface area contributed by atoms with Gasteiger partial charge in [0.2, 0.25) is 5.91 Å². The van der Waals surface area contributed by atoms with Gasteiger partial charge in [-0.05, 0) is 33.7 Å². The number of nitrogens with zero attached hydrogens (tertiary/aromatic N) is 2. The van der Waals surface area contributed by atoms with Gasteiger partial charge in [0.25, 0.3) is 0 Å². The van der Waals surface area contributed by atoms with Gasteiger partial charge in [-0.25, -0.2) is 0 Å². The first-order chi connectivity index (χ1) is 8.01.